The van der Waals surface area contributed by atoms with E-state index in [0.717, 1.165) is 16.5 Å². The number of hydrogen-bond donors (Lipinski definition) is 1. The maximum atomic E-state index is 11.7. The minimum atomic E-state index is -0.217. The van der Waals surface area contributed by atoms with E-state index in [9.17, 15) is 4.79 Å². The van der Waals surface area contributed by atoms with E-state index in [-0.39, 0.29) is 5.91 Å². The van der Waals surface area contributed by atoms with E-state index in [1.54, 1.807) is 24.5 Å². The molecule has 23 heavy (non-hydrogen) atoms. The molecule has 0 spiro atoms. The van der Waals surface area contributed by atoms with Crippen LogP contribution in [0.5, 0.6) is 5.75 Å². The highest BCUT2D eigenvalue weighted by atomic mass is 32.1. The van der Waals surface area contributed by atoms with Gasteiger partial charge >= 0.3 is 0 Å². The largest absolute Gasteiger partial charge is 0.485 e. The standard InChI is InChI=1S/C16H15N3O3S/c20-16(14-4-2-8-21-14)18-7-5-12-11-23-15(19-12)10-22-13-3-1-6-17-9-13/h1-4,6,8-9,11H,5,7,10H2,(H,18,20). The van der Waals surface area contributed by atoms with Gasteiger partial charge in [0, 0.05) is 24.5 Å². The fourth-order valence-electron chi connectivity index (χ4n) is 1.91. The summed E-state index contributed by atoms with van der Waals surface area (Å²) in [6.07, 6.45) is 5.50. The van der Waals surface area contributed by atoms with Gasteiger partial charge in [0.25, 0.3) is 5.91 Å². The summed E-state index contributed by atoms with van der Waals surface area (Å²) in [6.45, 7) is 0.918. The number of amides is 1. The van der Waals surface area contributed by atoms with Crippen LogP contribution in [-0.4, -0.2) is 22.4 Å². The van der Waals surface area contributed by atoms with E-state index in [0.29, 0.717) is 25.3 Å². The number of rotatable bonds is 7. The molecule has 0 fully saturated rings. The van der Waals surface area contributed by atoms with Crippen LogP contribution in [0.2, 0.25) is 0 Å². The molecule has 3 heterocycles. The molecule has 0 radical (unpaired) electrons. The van der Waals surface area contributed by atoms with Crippen molar-refractivity contribution < 1.29 is 13.9 Å². The molecule has 0 bridgehead atoms. The van der Waals surface area contributed by atoms with Crippen LogP contribution in [0.4, 0.5) is 0 Å². The molecule has 0 atom stereocenters. The third-order valence-corrected chi connectivity index (χ3v) is 3.88. The van der Waals surface area contributed by atoms with Gasteiger partial charge in [-0.3, -0.25) is 9.78 Å². The number of nitrogens with zero attached hydrogens (tertiary/aromatic N) is 2. The lowest BCUT2D eigenvalue weighted by Gasteiger charge is -2.02. The number of ether oxygens (including phenoxy) is 1. The van der Waals surface area contributed by atoms with E-state index in [1.165, 1.54) is 17.6 Å². The van der Waals surface area contributed by atoms with Crippen LogP contribution in [0.15, 0.2) is 52.7 Å². The van der Waals surface area contributed by atoms with Gasteiger partial charge in [-0.15, -0.1) is 11.3 Å². The molecule has 0 saturated carbocycles. The first-order valence-corrected chi connectivity index (χ1v) is 7.97. The Hall–Kier alpha value is -2.67. The summed E-state index contributed by atoms with van der Waals surface area (Å²) < 4.78 is 10.6. The molecule has 0 saturated heterocycles. The lowest BCUT2D eigenvalue weighted by Crippen LogP contribution is -2.25. The zero-order valence-electron chi connectivity index (χ0n) is 12.3. The summed E-state index contributed by atoms with van der Waals surface area (Å²) in [5.74, 6) is 0.814. The monoisotopic (exact) mass is 329 g/mol. The number of pyridine rings is 1. The van der Waals surface area contributed by atoms with E-state index < -0.39 is 0 Å². The van der Waals surface area contributed by atoms with Crippen LogP contribution in [0.1, 0.15) is 21.3 Å². The molecule has 0 aliphatic carbocycles. The topological polar surface area (TPSA) is 77.2 Å². The Balaban J connectivity index is 1.43. The van der Waals surface area contributed by atoms with Gasteiger partial charge in [0.1, 0.15) is 17.4 Å². The van der Waals surface area contributed by atoms with Crippen molar-refractivity contribution in [3.05, 3.63) is 64.8 Å². The molecule has 3 rings (SSSR count). The number of carbonyl (C=O) groups excluding carboxylic acids is 1. The Morgan fingerprint density at radius 3 is 3.09 bits per heavy atom. The highest BCUT2D eigenvalue weighted by Gasteiger charge is 2.08. The Labute approximate surface area is 137 Å². The van der Waals surface area contributed by atoms with Crippen molar-refractivity contribution in [2.24, 2.45) is 0 Å². The van der Waals surface area contributed by atoms with Crippen LogP contribution in [0.3, 0.4) is 0 Å². The van der Waals surface area contributed by atoms with Crippen LogP contribution in [0, 0.1) is 0 Å². The number of hydrogen-bond acceptors (Lipinski definition) is 6. The minimum absolute atomic E-state index is 0.217. The minimum Gasteiger partial charge on any atom is -0.485 e. The third kappa shape index (κ3) is 4.40. The van der Waals surface area contributed by atoms with Gasteiger partial charge in [0.15, 0.2) is 5.76 Å². The molecule has 0 unspecified atom stereocenters. The lowest BCUT2D eigenvalue weighted by atomic mass is 10.3. The molecular formula is C16H15N3O3S. The quantitative estimate of drug-likeness (QED) is 0.721. The van der Waals surface area contributed by atoms with Crippen molar-refractivity contribution in [2.45, 2.75) is 13.0 Å². The number of thiazole rings is 1. The first-order valence-electron chi connectivity index (χ1n) is 7.09. The van der Waals surface area contributed by atoms with E-state index in [4.69, 9.17) is 9.15 Å². The average molecular weight is 329 g/mol. The smallest absolute Gasteiger partial charge is 0.286 e. The van der Waals surface area contributed by atoms with Crippen LogP contribution in [0.25, 0.3) is 0 Å². The maximum absolute atomic E-state index is 11.7. The number of carbonyl (C=O) groups is 1. The Bertz CT molecular complexity index is 741. The molecule has 3 aromatic rings. The number of furan rings is 1. The zero-order valence-corrected chi connectivity index (χ0v) is 13.1. The third-order valence-electron chi connectivity index (χ3n) is 3.01. The Morgan fingerprint density at radius 1 is 1.35 bits per heavy atom. The van der Waals surface area contributed by atoms with Crippen molar-refractivity contribution in [1.29, 1.82) is 0 Å². The van der Waals surface area contributed by atoms with Crippen LogP contribution >= 0.6 is 11.3 Å². The van der Waals surface area contributed by atoms with E-state index in [2.05, 4.69) is 15.3 Å². The van der Waals surface area contributed by atoms with Crippen molar-refractivity contribution in [1.82, 2.24) is 15.3 Å². The first kappa shape index (κ1) is 15.2. The normalized spacial score (nSPS) is 10.4. The Kier molecular flexibility index (Phi) is 5.00. The highest BCUT2D eigenvalue weighted by molar-refractivity contribution is 7.09. The van der Waals surface area contributed by atoms with Crippen LogP contribution in [-0.2, 0) is 13.0 Å². The second-order valence-corrected chi connectivity index (χ2v) is 5.64. The molecule has 0 aliphatic heterocycles. The molecule has 118 valence electrons. The molecule has 6 nitrogen and oxygen atoms in total. The van der Waals surface area contributed by atoms with E-state index in [1.807, 2.05) is 17.5 Å². The fraction of sp³-hybridized carbons (Fsp3) is 0.188. The summed E-state index contributed by atoms with van der Waals surface area (Å²) in [5.41, 5.74) is 0.930. The Morgan fingerprint density at radius 2 is 2.30 bits per heavy atom. The molecule has 0 aromatic carbocycles. The summed E-state index contributed by atoms with van der Waals surface area (Å²) in [5, 5.41) is 5.66. The predicted octanol–water partition coefficient (Wildman–Crippen LogP) is 2.68. The average Bonchev–Trinajstić information content (AvgIpc) is 3.26. The molecular weight excluding hydrogens is 314 g/mol. The number of nitrogens with one attached hydrogen (secondary N) is 1. The lowest BCUT2D eigenvalue weighted by molar-refractivity contribution is 0.0926. The second kappa shape index (κ2) is 7.55. The van der Waals surface area contributed by atoms with Crippen molar-refractivity contribution in [3.8, 4) is 5.75 Å². The predicted molar refractivity (Wildman–Crippen MR) is 85.4 cm³/mol. The van der Waals surface area contributed by atoms with Gasteiger partial charge in [-0.1, -0.05) is 0 Å². The SMILES string of the molecule is O=C(NCCc1csc(COc2cccnc2)n1)c1ccco1. The molecule has 0 aliphatic rings. The van der Waals surface area contributed by atoms with E-state index >= 15 is 0 Å². The van der Waals surface area contributed by atoms with Crippen molar-refractivity contribution >= 4 is 17.2 Å². The van der Waals surface area contributed by atoms with Crippen molar-refractivity contribution in [3.63, 3.8) is 0 Å². The van der Waals surface area contributed by atoms with Gasteiger partial charge < -0.3 is 14.5 Å². The summed E-state index contributed by atoms with van der Waals surface area (Å²) in [4.78, 5) is 20.2. The fourth-order valence-corrected chi connectivity index (χ4v) is 2.65. The molecule has 1 N–H and O–H groups in total. The van der Waals surface area contributed by atoms with Gasteiger partial charge in [-0.25, -0.2) is 4.98 Å². The zero-order chi connectivity index (χ0) is 15.9. The highest BCUT2D eigenvalue weighted by Crippen LogP contribution is 2.14. The summed E-state index contributed by atoms with van der Waals surface area (Å²) >= 11 is 1.54. The molecule has 3 aromatic heterocycles. The van der Waals surface area contributed by atoms with Gasteiger partial charge in [0.2, 0.25) is 0 Å². The maximum Gasteiger partial charge on any atom is 0.286 e. The molecule has 1 amide bonds. The van der Waals surface area contributed by atoms with Gasteiger partial charge in [-0.2, -0.15) is 0 Å². The first-order chi connectivity index (χ1) is 11.3. The van der Waals surface area contributed by atoms with Gasteiger partial charge in [-0.05, 0) is 24.3 Å². The van der Waals surface area contributed by atoms with Crippen LogP contribution < -0.4 is 10.1 Å². The van der Waals surface area contributed by atoms with Crippen molar-refractivity contribution in [2.75, 3.05) is 6.54 Å². The second-order valence-electron chi connectivity index (χ2n) is 4.69. The van der Waals surface area contributed by atoms with Gasteiger partial charge in [0.05, 0.1) is 18.2 Å². The number of aromatic nitrogens is 2. The molecule has 7 heteroatoms. The summed E-state index contributed by atoms with van der Waals surface area (Å²) in [6, 6.07) is 6.99. The summed E-state index contributed by atoms with van der Waals surface area (Å²) in [7, 11) is 0.